The molecule has 0 heterocycles. The Balaban J connectivity index is 1.25. The van der Waals surface area contributed by atoms with Gasteiger partial charge in [-0.25, -0.2) is 0 Å². The minimum atomic E-state index is -0.646. The van der Waals surface area contributed by atoms with Crippen LogP contribution in [-0.2, 0) is 5.41 Å². The monoisotopic (exact) mass is 750 g/mol. The van der Waals surface area contributed by atoms with E-state index >= 15 is 0 Å². The van der Waals surface area contributed by atoms with Gasteiger partial charge in [0.25, 0.3) is 0 Å². The van der Waals surface area contributed by atoms with E-state index in [0.717, 1.165) is 39.5 Å². The maximum Gasteiger partial charge on any atom is 0.0991 e. The number of anilines is 6. The highest BCUT2D eigenvalue weighted by atomic mass is 15.1. The molecule has 59 heavy (non-hydrogen) atoms. The predicted octanol–water partition coefficient (Wildman–Crippen LogP) is 13.9. The van der Waals surface area contributed by atoms with Crippen LogP contribution in [0.1, 0.15) is 33.4 Å². The molecule has 0 unspecified atom stereocenters. The standard InChI is InChI=1S/C55H34N4/c56-35-37-23-27-41(28-24-37)58(39-13-3-1-4-14-39)43-31-32-48-51(33-43)55(49-21-11-9-17-44(49)45-18-10-12-22-50(45)55)52-34-53(46-19-7-8-20-47(46)54(48)52)59(40-15-5-2-6-16-40)42-29-25-38(36-57)26-30-42/h1-34H. The number of fused-ring (bicyclic) bond motifs is 12. The quantitative estimate of drug-likeness (QED) is 0.170. The van der Waals surface area contributed by atoms with Crippen molar-refractivity contribution in [1.82, 2.24) is 0 Å². The van der Waals surface area contributed by atoms with Crippen LogP contribution >= 0.6 is 0 Å². The third kappa shape index (κ3) is 5.08. The van der Waals surface area contributed by atoms with E-state index in [1.807, 2.05) is 60.7 Å². The molecule has 9 aromatic rings. The van der Waals surface area contributed by atoms with Gasteiger partial charge in [0.15, 0.2) is 0 Å². The maximum atomic E-state index is 9.74. The van der Waals surface area contributed by atoms with Crippen LogP contribution < -0.4 is 9.80 Å². The van der Waals surface area contributed by atoms with Crippen LogP contribution in [-0.4, -0.2) is 0 Å². The molecule has 0 amide bonds. The number of para-hydroxylation sites is 2. The van der Waals surface area contributed by atoms with Crippen molar-refractivity contribution >= 4 is 44.9 Å². The van der Waals surface area contributed by atoms with E-state index < -0.39 is 5.41 Å². The van der Waals surface area contributed by atoms with Gasteiger partial charge in [0.1, 0.15) is 0 Å². The van der Waals surface area contributed by atoms with Gasteiger partial charge in [-0.3, -0.25) is 0 Å². The Kier molecular flexibility index (Phi) is 7.80. The van der Waals surface area contributed by atoms with Crippen molar-refractivity contribution in [2.75, 3.05) is 9.80 Å². The summed E-state index contributed by atoms with van der Waals surface area (Å²) in [7, 11) is 0. The van der Waals surface area contributed by atoms with Crippen LogP contribution in [0, 0.1) is 22.7 Å². The van der Waals surface area contributed by atoms with E-state index in [1.165, 1.54) is 49.9 Å². The lowest BCUT2D eigenvalue weighted by molar-refractivity contribution is 0.794. The minimum absolute atomic E-state index is 0.621. The molecule has 2 aliphatic rings. The lowest BCUT2D eigenvalue weighted by atomic mass is 9.70. The zero-order valence-electron chi connectivity index (χ0n) is 31.9. The van der Waals surface area contributed by atoms with Gasteiger partial charge >= 0.3 is 0 Å². The molecule has 0 N–H and O–H groups in total. The van der Waals surface area contributed by atoms with Gasteiger partial charge in [-0.15, -0.1) is 0 Å². The fourth-order valence-corrected chi connectivity index (χ4v) is 9.69. The third-order valence-electron chi connectivity index (χ3n) is 12.1. The zero-order valence-corrected chi connectivity index (χ0v) is 31.9. The summed E-state index contributed by atoms with van der Waals surface area (Å²) < 4.78 is 0. The van der Waals surface area contributed by atoms with Crippen molar-refractivity contribution in [2.45, 2.75) is 5.41 Å². The molecule has 11 rings (SSSR count). The number of hydrogen-bond acceptors (Lipinski definition) is 4. The summed E-state index contributed by atoms with van der Waals surface area (Å²) in [6.07, 6.45) is 0. The average Bonchev–Trinajstić information content (AvgIpc) is 3.77. The van der Waals surface area contributed by atoms with E-state index in [1.54, 1.807) is 0 Å². The number of hydrogen-bond donors (Lipinski definition) is 0. The van der Waals surface area contributed by atoms with Gasteiger partial charge in [-0.2, -0.15) is 10.5 Å². The maximum absolute atomic E-state index is 9.74. The molecule has 0 bridgehead atoms. The SMILES string of the molecule is N#Cc1ccc(N(c2ccccc2)c2ccc3c(c2)C2(c4ccccc4-c4ccccc42)c2cc(N(c4ccccc4)c4ccc(C#N)cc4)c4ccccc4c2-3)cc1. The zero-order chi connectivity index (χ0) is 39.5. The van der Waals surface area contributed by atoms with Gasteiger partial charge in [-0.1, -0.05) is 115 Å². The van der Waals surface area contributed by atoms with Crippen molar-refractivity contribution in [3.05, 3.63) is 240 Å². The Morgan fingerprint density at radius 3 is 1.37 bits per heavy atom. The second-order valence-electron chi connectivity index (χ2n) is 15.1. The smallest absolute Gasteiger partial charge is 0.0991 e. The minimum Gasteiger partial charge on any atom is -0.310 e. The summed E-state index contributed by atoms with van der Waals surface area (Å²) >= 11 is 0. The Morgan fingerprint density at radius 2 is 0.797 bits per heavy atom. The summed E-state index contributed by atoms with van der Waals surface area (Å²) in [5, 5.41) is 21.7. The van der Waals surface area contributed by atoms with Crippen LogP contribution in [0.5, 0.6) is 0 Å². The number of nitriles is 2. The lowest BCUT2D eigenvalue weighted by Gasteiger charge is -2.33. The molecule has 9 aromatic carbocycles. The van der Waals surface area contributed by atoms with Crippen molar-refractivity contribution < 1.29 is 0 Å². The second kappa shape index (κ2) is 13.5. The molecular weight excluding hydrogens is 717 g/mol. The molecule has 0 atom stereocenters. The largest absolute Gasteiger partial charge is 0.310 e. The average molecular weight is 751 g/mol. The van der Waals surface area contributed by atoms with Gasteiger partial charge in [0.05, 0.1) is 34.4 Å². The van der Waals surface area contributed by atoms with Crippen molar-refractivity contribution in [1.29, 1.82) is 10.5 Å². The molecule has 274 valence electrons. The fourth-order valence-electron chi connectivity index (χ4n) is 9.69. The van der Waals surface area contributed by atoms with E-state index in [4.69, 9.17) is 0 Å². The molecule has 0 aromatic heterocycles. The number of rotatable bonds is 6. The van der Waals surface area contributed by atoms with Crippen LogP contribution in [0.25, 0.3) is 33.0 Å². The molecular formula is C55H34N4. The van der Waals surface area contributed by atoms with Gasteiger partial charge in [0.2, 0.25) is 0 Å². The third-order valence-corrected chi connectivity index (χ3v) is 12.1. The van der Waals surface area contributed by atoms with Crippen LogP contribution in [0.2, 0.25) is 0 Å². The Labute approximate surface area is 343 Å². The van der Waals surface area contributed by atoms with Crippen molar-refractivity contribution in [3.63, 3.8) is 0 Å². The normalized spacial score (nSPS) is 12.5. The molecule has 0 aliphatic heterocycles. The van der Waals surface area contributed by atoms with Crippen molar-refractivity contribution in [3.8, 4) is 34.4 Å². The van der Waals surface area contributed by atoms with Gasteiger partial charge in [0, 0.05) is 33.8 Å². The first-order valence-corrected chi connectivity index (χ1v) is 19.8. The van der Waals surface area contributed by atoms with Gasteiger partial charge in [-0.05, 0) is 141 Å². The molecule has 4 nitrogen and oxygen atoms in total. The number of nitrogens with zero attached hydrogens (tertiary/aromatic N) is 4. The predicted molar refractivity (Wildman–Crippen MR) is 239 cm³/mol. The Hall–Kier alpha value is -8.18. The highest BCUT2D eigenvalue weighted by Gasteiger charge is 2.52. The first kappa shape index (κ1) is 34.1. The van der Waals surface area contributed by atoms with E-state index in [-0.39, 0.29) is 0 Å². The molecule has 0 fully saturated rings. The first-order valence-electron chi connectivity index (χ1n) is 19.8. The van der Waals surface area contributed by atoms with Crippen LogP contribution in [0.15, 0.2) is 206 Å². The van der Waals surface area contributed by atoms with E-state index in [0.29, 0.717) is 11.1 Å². The summed E-state index contributed by atoms with van der Waals surface area (Å²) in [6.45, 7) is 0. The molecule has 0 saturated heterocycles. The van der Waals surface area contributed by atoms with E-state index in [2.05, 4.69) is 168 Å². The highest BCUT2D eigenvalue weighted by molar-refractivity contribution is 6.12. The summed E-state index contributed by atoms with van der Waals surface area (Å²) in [5.74, 6) is 0. The van der Waals surface area contributed by atoms with E-state index in [9.17, 15) is 10.5 Å². The fraction of sp³-hybridized carbons (Fsp3) is 0.0182. The van der Waals surface area contributed by atoms with Gasteiger partial charge < -0.3 is 9.80 Å². The molecule has 0 saturated carbocycles. The number of benzene rings is 9. The Bertz CT molecular complexity index is 3130. The highest BCUT2D eigenvalue weighted by Crippen LogP contribution is 2.65. The first-order chi connectivity index (χ1) is 29.2. The summed E-state index contributed by atoms with van der Waals surface area (Å²) in [6, 6.07) is 77.3. The summed E-state index contributed by atoms with van der Waals surface area (Å²) in [5.41, 5.74) is 16.6. The summed E-state index contributed by atoms with van der Waals surface area (Å²) in [4.78, 5) is 4.62. The second-order valence-corrected chi connectivity index (χ2v) is 15.1. The molecule has 1 spiro atoms. The lowest BCUT2D eigenvalue weighted by Crippen LogP contribution is -2.26. The Morgan fingerprint density at radius 1 is 0.339 bits per heavy atom. The molecule has 0 radical (unpaired) electrons. The van der Waals surface area contributed by atoms with Crippen molar-refractivity contribution in [2.24, 2.45) is 0 Å². The van der Waals surface area contributed by atoms with Crippen LogP contribution in [0.4, 0.5) is 34.1 Å². The molecule has 2 aliphatic carbocycles. The van der Waals surface area contributed by atoms with Crippen LogP contribution in [0.3, 0.4) is 0 Å². The molecule has 4 heteroatoms. The topological polar surface area (TPSA) is 54.1 Å².